The molecule has 2 unspecified atom stereocenters. The number of aliphatic hydroxyl groups is 2. The van der Waals surface area contributed by atoms with Crippen LogP contribution in [0, 0.1) is 6.92 Å². The van der Waals surface area contributed by atoms with Crippen LogP contribution < -0.4 is 4.74 Å². The van der Waals surface area contributed by atoms with E-state index < -0.39 is 12.2 Å². The Morgan fingerprint density at radius 1 is 1.24 bits per heavy atom. The Morgan fingerprint density at radius 2 is 1.94 bits per heavy atom. The lowest BCUT2D eigenvalue weighted by molar-refractivity contribution is 0.0130. The average molecular weight is 238 g/mol. The van der Waals surface area contributed by atoms with Gasteiger partial charge in [-0.2, -0.15) is 0 Å². The first-order chi connectivity index (χ1) is 8.08. The van der Waals surface area contributed by atoms with Gasteiger partial charge in [0, 0.05) is 0 Å². The minimum Gasteiger partial charge on any atom is -0.497 e. The molecule has 0 bridgehead atoms. The van der Waals surface area contributed by atoms with E-state index in [1.165, 1.54) is 5.56 Å². The zero-order valence-corrected chi connectivity index (χ0v) is 10.8. The Morgan fingerprint density at radius 3 is 2.47 bits per heavy atom. The average Bonchev–Trinajstić information content (AvgIpc) is 2.35. The molecule has 0 aliphatic carbocycles. The molecule has 96 valence electrons. The lowest BCUT2D eigenvalue weighted by Gasteiger charge is -2.16. The van der Waals surface area contributed by atoms with Gasteiger partial charge in [0.15, 0.2) is 0 Å². The van der Waals surface area contributed by atoms with Crippen molar-refractivity contribution in [2.24, 2.45) is 0 Å². The summed E-state index contributed by atoms with van der Waals surface area (Å²) in [5, 5.41) is 19.2. The van der Waals surface area contributed by atoms with Crippen LogP contribution in [0.4, 0.5) is 0 Å². The summed E-state index contributed by atoms with van der Waals surface area (Å²) >= 11 is 0. The van der Waals surface area contributed by atoms with E-state index in [2.05, 4.69) is 0 Å². The Hall–Kier alpha value is -1.06. The molecule has 0 saturated heterocycles. The van der Waals surface area contributed by atoms with Crippen molar-refractivity contribution in [2.45, 2.75) is 45.3 Å². The van der Waals surface area contributed by atoms with Crippen LogP contribution in [0.1, 0.15) is 30.9 Å². The number of ether oxygens (including phenoxy) is 1. The van der Waals surface area contributed by atoms with Gasteiger partial charge in [0.1, 0.15) is 5.75 Å². The molecule has 0 amide bonds. The van der Waals surface area contributed by atoms with Crippen LogP contribution in [0.3, 0.4) is 0 Å². The third-order valence-corrected chi connectivity index (χ3v) is 3.12. The van der Waals surface area contributed by atoms with E-state index in [9.17, 15) is 10.2 Å². The highest BCUT2D eigenvalue weighted by Gasteiger charge is 2.14. The van der Waals surface area contributed by atoms with Crippen LogP contribution in [-0.2, 0) is 6.42 Å². The minimum atomic E-state index is -0.637. The van der Waals surface area contributed by atoms with Crippen molar-refractivity contribution >= 4 is 0 Å². The standard InChI is InChI=1S/C14H22O3/c1-4-13(15)14(16)8-6-11-5-7-12(17-3)9-10(11)2/h5,7,9,13-16H,4,6,8H2,1-3H3. The second kappa shape index (κ2) is 6.62. The highest BCUT2D eigenvalue weighted by Crippen LogP contribution is 2.19. The molecule has 0 saturated carbocycles. The van der Waals surface area contributed by atoms with E-state index in [0.29, 0.717) is 12.8 Å². The van der Waals surface area contributed by atoms with Crippen molar-refractivity contribution < 1.29 is 14.9 Å². The highest BCUT2D eigenvalue weighted by molar-refractivity contribution is 5.34. The fourth-order valence-electron chi connectivity index (χ4n) is 1.84. The molecule has 2 N–H and O–H groups in total. The zero-order chi connectivity index (χ0) is 12.8. The van der Waals surface area contributed by atoms with E-state index in [4.69, 9.17) is 4.74 Å². The van der Waals surface area contributed by atoms with E-state index in [1.54, 1.807) is 7.11 Å². The van der Waals surface area contributed by atoms with Gasteiger partial charge in [-0.25, -0.2) is 0 Å². The molecule has 0 spiro atoms. The highest BCUT2D eigenvalue weighted by atomic mass is 16.5. The second-order valence-electron chi connectivity index (χ2n) is 4.37. The number of benzene rings is 1. The Bertz CT molecular complexity index is 349. The Balaban J connectivity index is 2.57. The summed E-state index contributed by atoms with van der Waals surface area (Å²) in [7, 11) is 1.65. The van der Waals surface area contributed by atoms with Gasteiger partial charge in [0.2, 0.25) is 0 Å². The zero-order valence-electron chi connectivity index (χ0n) is 10.8. The van der Waals surface area contributed by atoms with Crippen molar-refractivity contribution in [3.05, 3.63) is 29.3 Å². The number of hydrogen-bond acceptors (Lipinski definition) is 3. The molecule has 1 aromatic carbocycles. The van der Waals surface area contributed by atoms with E-state index in [-0.39, 0.29) is 0 Å². The van der Waals surface area contributed by atoms with Crippen molar-refractivity contribution in [1.29, 1.82) is 0 Å². The number of methoxy groups -OCH3 is 1. The number of aryl methyl sites for hydroxylation is 2. The molecule has 1 rings (SSSR count). The molecule has 3 heteroatoms. The maximum Gasteiger partial charge on any atom is 0.119 e. The maximum atomic E-state index is 9.70. The lowest BCUT2D eigenvalue weighted by atomic mass is 9.99. The van der Waals surface area contributed by atoms with Gasteiger partial charge in [-0.1, -0.05) is 13.0 Å². The van der Waals surface area contributed by atoms with Gasteiger partial charge < -0.3 is 14.9 Å². The van der Waals surface area contributed by atoms with Crippen molar-refractivity contribution in [3.63, 3.8) is 0 Å². The summed E-state index contributed by atoms with van der Waals surface area (Å²) in [6.45, 7) is 3.90. The number of aliphatic hydroxyl groups excluding tert-OH is 2. The van der Waals surface area contributed by atoms with Crippen LogP contribution in [0.5, 0.6) is 5.75 Å². The van der Waals surface area contributed by atoms with Gasteiger partial charge in [-0.3, -0.25) is 0 Å². The third kappa shape index (κ3) is 4.02. The minimum absolute atomic E-state index is 0.585. The van der Waals surface area contributed by atoms with Crippen molar-refractivity contribution in [2.75, 3.05) is 7.11 Å². The molecule has 1 aromatic rings. The molecular formula is C14H22O3. The van der Waals surface area contributed by atoms with Crippen LogP contribution in [0.25, 0.3) is 0 Å². The normalized spacial score (nSPS) is 14.4. The first-order valence-electron chi connectivity index (χ1n) is 6.08. The van der Waals surface area contributed by atoms with Crippen LogP contribution in [0.15, 0.2) is 18.2 Å². The molecule has 0 aliphatic rings. The molecule has 2 atom stereocenters. The van der Waals surface area contributed by atoms with Gasteiger partial charge in [0.05, 0.1) is 19.3 Å². The monoisotopic (exact) mass is 238 g/mol. The molecule has 0 heterocycles. The number of rotatable bonds is 6. The summed E-state index contributed by atoms with van der Waals surface area (Å²) in [5.74, 6) is 0.848. The summed E-state index contributed by atoms with van der Waals surface area (Å²) in [5.41, 5.74) is 2.34. The smallest absolute Gasteiger partial charge is 0.119 e. The van der Waals surface area contributed by atoms with Crippen molar-refractivity contribution in [3.8, 4) is 5.75 Å². The van der Waals surface area contributed by atoms with Crippen LogP contribution in [0.2, 0.25) is 0 Å². The molecule has 0 radical (unpaired) electrons. The second-order valence-corrected chi connectivity index (χ2v) is 4.37. The molecule has 3 nitrogen and oxygen atoms in total. The SMILES string of the molecule is CCC(O)C(O)CCc1ccc(OC)cc1C. The molecular weight excluding hydrogens is 216 g/mol. The van der Waals surface area contributed by atoms with E-state index >= 15 is 0 Å². The molecule has 0 aromatic heterocycles. The van der Waals surface area contributed by atoms with Gasteiger partial charge in [0.25, 0.3) is 0 Å². The Kier molecular flexibility index (Phi) is 5.45. The van der Waals surface area contributed by atoms with E-state index in [1.807, 2.05) is 32.0 Å². The first kappa shape index (κ1) is 14.0. The molecule has 17 heavy (non-hydrogen) atoms. The third-order valence-electron chi connectivity index (χ3n) is 3.12. The predicted molar refractivity (Wildman–Crippen MR) is 68.4 cm³/mol. The topological polar surface area (TPSA) is 49.7 Å². The van der Waals surface area contributed by atoms with E-state index in [0.717, 1.165) is 17.7 Å². The van der Waals surface area contributed by atoms with Gasteiger partial charge in [-0.05, 0) is 49.4 Å². The van der Waals surface area contributed by atoms with Crippen LogP contribution in [-0.4, -0.2) is 29.5 Å². The Labute approximate surface area is 103 Å². The summed E-state index contributed by atoms with van der Waals surface area (Å²) in [4.78, 5) is 0. The van der Waals surface area contributed by atoms with Gasteiger partial charge >= 0.3 is 0 Å². The molecule has 0 fully saturated rings. The molecule has 0 aliphatic heterocycles. The fourth-order valence-corrected chi connectivity index (χ4v) is 1.84. The fraction of sp³-hybridized carbons (Fsp3) is 0.571. The maximum absolute atomic E-state index is 9.70. The van der Waals surface area contributed by atoms with Crippen LogP contribution >= 0.6 is 0 Å². The lowest BCUT2D eigenvalue weighted by Crippen LogP contribution is -2.25. The van der Waals surface area contributed by atoms with Crippen molar-refractivity contribution in [1.82, 2.24) is 0 Å². The summed E-state index contributed by atoms with van der Waals surface area (Å²) in [6, 6.07) is 5.92. The summed E-state index contributed by atoms with van der Waals surface area (Å²) in [6.07, 6.45) is 0.689. The predicted octanol–water partition coefficient (Wildman–Crippen LogP) is 2.07. The first-order valence-corrected chi connectivity index (χ1v) is 6.08. The quantitative estimate of drug-likeness (QED) is 0.797. The number of hydrogen-bond donors (Lipinski definition) is 2. The largest absolute Gasteiger partial charge is 0.497 e. The van der Waals surface area contributed by atoms with Gasteiger partial charge in [-0.15, -0.1) is 0 Å². The summed E-state index contributed by atoms with van der Waals surface area (Å²) < 4.78 is 5.14.